The minimum absolute atomic E-state index is 0.200. The largest absolute Gasteiger partial charge is 0.616 e. The second-order valence-corrected chi connectivity index (χ2v) is 9.11. The summed E-state index contributed by atoms with van der Waals surface area (Å²) in [4.78, 5) is 8.78. The van der Waals surface area contributed by atoms with Crippen molar-refractivity contribution in [1.82, 2.24) is 20.1 Å². The Morgan fingerprint density at radius 1 is 1.37 bits per heavy atom. The van der Waals surface area contributed by atoms with Crippen LogP contribution in [0.4, 0.5) is 8.78 Å². The maximum absolute atomic E-state index is 12.9. The molecule has 27 heavy (non-hydrogen) atoms. The lowest BCUT2D eigenvalue weighted by molar-refractivity contribution is 0.0566. The number of thiazole rings is 1. The van der Waals surface area contributed by atoms with Gasteiger partial charge in [0.05, 0.1) is 18.4 Å². The minimum atomic E-state index is -2.69. The molecule has 10 heteroatoms. The van der Waals surface area contributed by atoms with Crippen molar-refractivity contribution in [2.24, 2.45) is 4.99 Å². The number of nitrogens with zero attached hydrogens (tertiary/aromatic N) is 4. The Bertz CT molecular complexity index is 843. The lowest BCUT2D eigenvalue weighted by Crippen LogP contribution is -2.34. The van der Waals surface area contributed by atoms with Gasteiger partial charge in [0.25, 0.3) is 0 Å². The molecule has 0 bridgehead atoms. The molecule has 2 aromatic rings. The van der Waals surface area contributed by atoms with Gasteiger partial charge >= 0.3 is 6.55 Å². The van der Waals surface area contributed by atoms with Gasteiger partial charge in [0.15, 0.2) is 10.8 Å². The van der Waals surface area contributed by atoms with Gasteiger partial charge < -0.3 is 9.87 Å². The van der Waals surface area contributed by atoms with E-state index in [9.17, 15) is 13.3 Å². The Balaban J connectivity index is 1.61. The Morgan fingerprint density at radius 3 is 2.85 bits per heavy atom. The molecule has 0 saturated heterocycles. The van der Waals surface area contributed by atoms with Gasteiger partial charge in [-0.25, -0.2) is 9.67 Å². The van der Waals surface area contributed by atoms with Crippen LogP contribution in [0.1, 0.15) is 42.8 Å². The Labute approximate surface area is 162 Å². The van der Waals surface area contributed by atoms with Gasteiger partial charge in [-0.1, -0.05) is 0 Å². The van der Waals surface area contributed by atoms with E-state index in [0.717, 1.165) is 42.0 Å². The fraction of sp³-hybridized carbons (Fsp3) is 0.471. The number of hydrogen-bond donors (Lipinski definition) is 1. The smallest absolute Gasteiger partial charge is 0.333 e. The first-order valence-corrected chi connectivity index (χ1v) is 11.0. The van der Waals surface area contributed by atoms with E-state index in [0.29, 0.717) is 28.4 Å². The third kappa shape index (κ3) is 4.07. The summed E-state index contributed by atoms with van der Waals surface area (Å²) in [6.45, 7) is -2.38. The Kier molecular flexibility index (Phi) is 5.55. The third-order valence-corrected chi connectivity index (χ3v) is 7.34. The van der Waals surface area contributed by atoms with Crippen LogP contribution >= 0.6 is 11.3 Å². The predicted octanol–water partition coefficient (Wildman–Crippen LogP) is 3.19. The molecular formula is C17H19F2N5OS2. The van der Waals surface area contributed by atoms with Gasteiger partial charge in [-0.15, -0.1) is 11.3 Å². The average molecular weight is 412 g/mol. The lowest BCUT2D eigenvalue weighted by Gasteiger charge is -2.24. The van der Waals surface area contributed by atoms with E-state index < -0.39 is 17.7 Å². The highest BCUT2D eigenvalue weighted by Crippen LogP contribution is 2.29. The molecule has 0 radical (unpaired) electrons. The van der Waals surface area contributed by atoms with Gasteiger partial charge in [-0.05, 0) is 36.9 Å². The molecule has 2 aromatic heterocycles. The summed E-state index contributed by atoms with van der Waals surface area (Å²) in [6, 6.07) is 0. The number of nitrogens with one attached hydrogen (secondary N) is 1. The molecule has 1 aliphatic carbocycles. The summed E-state index contributed by atoms with van der Waals surface area (Å²) in [5, 5.41) is 9.79. The van der Waals surface area contributed by atoms with Gasteiger partial charge in [-0.3, -0.25) is 4.99 Å². The second kappa shape index (κ2) is 8.07. The molecule has 1 fully saturated rings. The van der Waals surface area contributed by atoms with Crippen molar-refractivity contribution in [3.05, 3.63) is 40.2 Å². The summed E-state index contributed by atoms with van der Waals surface area (Å²) >= 11 is 0.443. The van der Waals surface area contributed by atoms with Gasteiger partial charge in [0.2, 0.25) is 0 Å². The lowest BCUT2D eigenvalue weighted by atomic mass is 10.1. The summed E-state index contributed by atoms with van der Waals surface area (Å²) in [7, 11) is 0. The maximum Gasteiger partial charge on any atom is 0.333 e. The van der Waals surface area contributed by atoms with E-state index in [4.69, 9.17) is 0 Å². The topological polar surface area (TPSA) is 78.2 Å². The third-order valence-electron chi connectivity index (χ3n) is 4.77. The van der Waals surface area contributed by atoms with Crippen LogP contribution in [0.3, 0.4) is 0 Å². The highest BCUT2D eigenvalue weighted by Gasteiger charge is 2.30. The number of aliphatic imine (C=N–C) groups is 1. The van der Waals surface area contributed by atoms with Crippen molar-refractivity contribution in [2.45, 2.75) is 37.5 Å². The normalized spacial score (nSPS) is 19.5. The van der Waals surface area contributed by atoms with E-state index >= 15 is 0 Å². The highest BCUT2D eigenvalue weighted by molar-refractivity contribution is 7.92. The highest BCUT2D eigenvalue weighted by atomic mass is 32.2. The summed E-state index contributed by atoms with van der Waals surface area (Å²) in [6.07, 6.45) is 8.60. The SMILES string of the molecule is [O-][S+](CC1=C(c2cnn(C(F)F)c2)CN=C(c2nccs2)N1)C1CCCC1. The molecule has 2 aliphatic rings. The fourth-order valence-electron chi connectivity index (χ4n) is 3.37. The first-order chi connectivity index (χ1) is 13.1. The number of amidine groups is 1. The molecule has 0 spiro atoms. The van der Waals surface area contributed by atoms with Crippen LogP contribution < -0.4 is 5.32 Å². The summed E-state index contributed by atoms with van der Waals surface area (Å²) in [5.74, 6) is 0.984. The number of rotatable bonds is 6. The number of alkyl halides is 2. The van der Waals surface area contributed by atoms with E-state index in [1.165, 1.54) is 23.7 Å². The van der Waals surface area contributed by atoms with Crippen molar-refractivity contribution >= 4 is 33.9 Å². The standard InChI is InChI=1S/C17H19F2N5OS2/c18-17(19)24-9-11(7-22-24)13-8-21-15(16-20-5-6-26-16)23-14(13)10-27(25)12-3-1-2-4-12/h5-7,9,12,17H,1-4,8,10H2,(H,21,23). The molecule has 1 unspecified atom stereocenters. The van der Waals surface area contributed by atoms with Crippen LogP contribution in [-0.2, 0) is 11.2 Å². The predicted molar refractivity (Wildman–Crippen MR) is 102 cm³/mol. The van der Waals surface area contributed by atoms with Crippen molar-refractivity contribution in [3.8, 4) is 0 Å². The molecule has 1 aliphatic heterocycles. The van der Waals surface area contributed by atoms with Crippen LogP contribution in [0.2, 0.25) is 0 Å². The molecule has 6 nitrogen and oxygen atoms in total. The maximum atomic E-state index is 12.9. The van der Waals surface area contributed by atoms with Crippen LogP contribution in [-0.4, -0.2) is 42.7 Å². The monoisotopic (exact) mass is 411 g/mol. The number of halogens is 2. The van der Waals surface area contributed by atoms with Crippen molar-refractivity contribution < 1.29 is 13.3 Å². The second-order valence-electron chi connectivity index (χ2n) is 6.50. The molecule has 3 heterocycles. The zero-order valence-corrected chi connectivity index (χ0v) is 16.1. The first kappa shape index (κ1) is 18.6. The minimum Gasteiger partial charge on any atom is -0.616 e. The number of hydrogen-bond acceptors (Lipinski definition) is 6. The molecular weight excluding hydrogens is 392 g/mol. The molecule has 1 atom stereocenters. The fourth-order valence-corrected chi connectivity index (χ4v) is 5.60. The van der Waals surface area contributed by atoms with Crippen LogP contribution in [0, 0.1) is 0 Å². The first-order valence-electron chi connectivity index (χ1n) is 8.75. The van der Waals surface area contributed by atoms with Crippen LogP contribution in [0.25, 0.3) is 5.57 Å². The zero-order valence-electron chi connectivity index (χ0n) is 14.5. The average Bonchev–Trinajstić information content (AvgIpc) is 3.44. The van der Waals surface area contributed by atoms with E-state index in [1.54, 1.807) is 6.20 Å². The zero-order chi connectivity index (χ0) is 18.8. The van der Waals surface area contributed by atoms with Crippen LogP contribution in [0.15, 0.2) is 34.7 Å². The van der Waals surface area contributed by atoms with Gasteiger partial charge in [0.1, 0.15) is 11.0 Å². The van der Waals surface area contributed by atoms with Gasteiger partial charge in [0, 0.05) is 28.9 Å². The van der Waals surface area contributed by atoms with E-state index in [1.807, 2.05) is 5.38 Å². The molecule has 1 saturated carbocycles. The number of aromatic nitrogens is 3. The Morgan fingerprint density at radius 2 is 2.19 bits per heavy atom. The van der Waals surface area contributed by atoms with Crippen molar-refractivity contribution in [1.29, 1.82) is 0 Å². The van der Waals surface area contributed by atoms with Crippen molar-refractivity contribution in [3.63, 3.8) is 0 Å². The van der Waals surface area contributed by atoms with E-state index in [-0.39, 0.29) is 5.25 Å². The van der Waals surface area contributed by atoms with Crippen LogP contribution in [0.5, 0.6) is 0 Å². The van der Waals surface area contributed by atoms with Gasteiger partial charge in [-0.2, -0.15) is 13.9 Å². The Hall–Kier alpha value is -1.78. The quantitative estimate of drug-likeness (QED) is 0.741. The summed E-state index contributed by atoms with van der Waals surface area (Å²) < 4.78 is 39.2. The summed E-state index contributed by atoms with van der Waals surface area (Å²) in [5.41, 5.74) is 2.09. The molecule has 0 amide bonds. The van der Waals surface area contributed by atoms with Crippen molar-refractivity contribution in [2.75, 3.05) is 12.3 Å². The van der Waals surface area contributed by atoms with E-state index in [2.05, 4.69) is 20.4 Å². The molecule has 0 aromatic carbocycles. The molecule has 4 rings (SSSR count). The molecule has 144 valence electrons. The molecule has 1 N–H and O–H groups in total.